The number of ether oxygens (including phenoxy) is 1. The Labute approximate surface area is 330 Å². The highest BCUT2D eigenvalue weighted by Gasteiger charge is 2.31. The van der Waals surface area contributed by atoms with Gasteiger partial charge in [0, 0.05) is 37.5 Å². The first kappa shape index (κ1) is 43.6. The summed E-state index contributed by atoms with van der Waals surface area (Å²) < 4.78 is 5.47. The molecule has 0 fully saturated rings. The molecule has 294 valence electrons. The van der Waals surface area contributed by atoms with Gasteiger partial charge in [0.2, 0.25) is 11.8 Å². The van der Waals surface area contributed by atoms with Crippen LogP contribution in [0.3, 0.4) is 0 Å². The Morgan fingerprint density at radius 1 is 0.804 bits per heavy atom. The molecule has 4 unspecified atom stereocenters. The molecule has 12 nitrogen and oxygen atoms in total. The summed E-state index contributed by atoms with van der Waals surface area (Å²) in [6.07, 6.45) is -1.48. The van der Waals surface area contributed by atoms with Gasteiger partial charge in [0.05, 0.1) is 12.6 Å². The average molecular weight is 782 g/mol. The number of hydrogen-bond acceptors (Lipinski definition) is 8. The molecule has 0 spiro atoms. The lowest BCUT2D eigenvalue weighted by atomic mass is 9.88. The summed E-state index contributed by atoms with van der Waals surface area (Å²) in [6.45, 7) is 5.19. The predicted octanol–water partition coefficient (Wildman–Crippen LogP) is 5.29. The number of benzene rings is 3. The fraction of sp³-hybridized carbons (Fsp3) is 0.405. The summed E-state index contributed by atoms with van der Waals surface area (Å²) in [5, 5.41) is 17.4. The van der Waals surface area contributed by atoms with E-state index >= 15 is 0 Å². The molecule has 0 heterocycles. The molecule has 0 aromatic heterocycles. The number of aliphatic carboxylic acids is 1. The van der Waals surface area contributed by atoms with Gasteiger partial charge < -0.3 is 25.8 Å². The van der Waals surface area contributed by atoms with Gasteiger partial charge in [-0.2, -0.15) is 0 Å². The quantitative estimate of drug-likeness (QED) is 0.0777. The summed E-state index contributed by atoms with van der Waals surface area (Å²) in [6, 6.07) is 22.3. The summed E-state index contributed by atoms with van der Waals surface area (Å²) in [7, 11) is 4.31. The summed E-state index contributed by atoms with van der Waals surface area (Å²) in [5.41, 5.74) is 4.61. The van der Waals surface area contributed by atoms with Gasteiger partial charge in [0.25, 0.3) is 0 Å². The van der Waals surface area contributed by atoms with E-state index in [0.29, 0.717) is 6.42 Å². The van der Waals surface area contributed by atoms with Crippen LogP contribution in [0.15, 0.2) is 78.9 Å². The minimum Gasteiger partial charge on any atom is -0.480 e. The molecule has 2 radical (unpaired) electrons. The summed E-state index contributed by atoms with van der Waals surface area (Å²) in [4.78, 5) is 89.4. The highest BCUT2D eigenvalue weighted by atomic mass is 31.1. The third-order valence-corrected chi connectivity index (χ3v) is 10.6. The van der Waals surface area contributed by atoms with Gasteiger partial charge >= 0.3 is 12.1 Å². The first-order valence-corrected chi connectivity index (χ1v) is 20.6. The Bertz CT molecular complexity index is 1840. The predicted molar refractivity (Wildman–Crippen MR) is 214 cm³/mol. The van der Waals surface area contributed by atoms with Crippen LogP contribution in [0.5, 0.6) is 0 Å². The minimum atomic E-state index is -1.40. The van der Waals surface area contributed by atoms with E-state index < -0.39 is 55.5 Å². The van der Waals surface area contributed by atoms with Crippen molar-refractivity contribution in [3.8, 4) is 11.1 Å². The number of hydrogen-bond donors (Lipinski definition) is 4. The van der Waals surface area contributed by atoms with Crippen LogP contribution in [0.4, 0.5) is 4.79 Å². The molecular formula is C42H49BN3O9P. The fourth-order valence-corrected chi connectivity index (χ4v) is 7.08. The number of carboxylic acids is 1. The molecule has 0 saturated carbocycles. The van der Waals surface area contributed by atoms with Crippen molar-refractivity contribution in [3.05, 3.63) is 95.6 Å². The SMILES string of the molecule is [B]P(C)C(=O)CNC(=O)C(CC(=O)C(Cc1ccccc1)NC(=O)CCC(=O)CCC(NC(=O)OCC1c2ccccc2-c2ccccc21)C(=O)O)CC(C)C. The normalized spacial score (nSPS) is 14.0. The number of alkyl carbamates (subject to hydrolysis) is 1. The highest BCUT2D eigenvalue weighted by molar-refractivity contribution is 7.94. The van der Waals surface area contributed by atoms with Gasteiger partial charge in [-0.25, -0.2) is 9.59 Å². The highest BCUT2D eigenvalue weighted by Crippen LogP contribution is 2.44. The lowest BCUT2D eigenvalue weighted by Gasteiger charge is -2.23. The van der Waals surface area contributed by atoms with Crippen LogP contribution in [-0.4, -0.2) is 85.5 Å². The smallest absolute Gasteiger partial charge is 0.407 e. The van der Waals surface area contributed by atoms with Gasteiger partial charge in [0.1, 0.15) is 26.0 Å². The molecule has 56 heavy (non-hydrogen) atoms. The number of carboxylic acid groups (broad SMARTS) is 1. The Morgan fingerprint density at radius 3 is 2.00 bits per heavy atom. The van der Waals surface area contributed by atoms with Gasteiger partial charge in [-0.15, -0.1) is 0 Å². The van der Waals surface area contributed by atoms with Crippen molar-refractivity contribution in [2.75, 3.05) is 19.8 Å². The molecule has 0 bridgehead atoms. The molecular weight excluding hydrogens is 732 g/mol. The number of amides is 3. The van der Waals surface area contributed by atoms with E-state index in [9.17, 15) is 38.7 Å². The topological polar surface area (TPSA) is 185 Å². The van der Waals surface area contributed by atoms with Crippen LogP contribution in [0.2, 0.25) is 0 Å². The Morgan fingerprint density at radius 2 is 1.41 bits per heavy atom. The zero-order valence-corrected chi connectivity index (χ0v) is 32.9. The maximum absolute atomic E-state index is 13.7. The van der Waals surface area contributed by atoms with E-state index in [1.54, 1.807) is 18.8 Å². The standard InChI is InChI=1S/C42H49BN3O9P/c1-26(2)21-28(40(51)44-24-39(50)56(3)43)23-37(48)36(22-27-11-5-4-6-12-27)45-38(49)20-18-29(47)17-19-35(41(52)53)46-42(54)55-25-34-32-15-9-7-13-30(32)31-14-8-10-16-33(31)34/h4-16,26,28,34-36H,17-25H2,1-3H3,(H,44,51)(H,45,49)(H,46,54)(H,52,53). The third-order valence-electron chi connectivity index (χ3n) is 9.66. The maximum atomic E-state index is 13.7. The lowest BCUT2D eigenvalue weighted by Crippen LogP contribution is -2.44. The minimum absolute atomic E-state index is 0.00464. The van der Waals surface area contributed by atoms with E-state index in [-0.39, 0.29) is 74.8 Å². The Balaban J connectivity index is 1.29. The number of rotatable bonds is 22. The number of Topliss-reactive ketones (excluding diaryl/α,β-unsaturated/α-hetero) is 2. The zero-order chi connectivity index (χ0) is 40.8. The van der Waals surface area contributed by atoms with Crippen molar-refractivity contribution >= 4 is 56.3 Å². The van der Waals surface area contributed by atoms with Crippen molar-refractivity contribution in [2.24, 2.45) is 11.8 Å². The second-order valence-electron chi connectivity index (χ2n) is 14.5. The summed E-state index contributed by atoms with van der Waals surface area (Å²) >= 11 is 0. The Kier molecular flexibility index (Phi) is 16.5. The lowest BCUT2D eigenvalue weighted by molar-refractivity contribution is -0.139. The monoisotopic (exact) mass is 781 g/mol. The van der Waals surface area contributed by atoms with Crippen molar-refractivity contribution in [3.63, 3.8) is 0 Å². The molecule has 4 N–H and O–H groups in total. The van der Waals surface area contributed by atoms with Gasteiger partial charge in [0.15, 0.2) is 11.3 Å². The van der Waals surface area contributed by atoms with Gasteiger partial charge in [-0.3, -0.25) is 24.0 Å². The third kappa shape index (κ3) is 13.0. The maximum Gasteiger partial charge on any atom is 0.407 e. The van der Waals surface area contributed by atoms with Crippen LogP contribution in [-0.2, 0) is 39.9 Å². The number of ketones is 2. The zero-order valence-electron chi connectivity index (χ0n) is 32.0. The van der Waals surface area contributed by atoms with Gasteiger partial charge in [-0.05, 0) is 59.7 Å². The van der Waals surface area contributed by atoms with E-state index in [1.807, 2.05) is 80.6 Å². The molecule has 14 heteroatoms. The average Bonchev–Trinajstić information content (AvgIpc) is 3.49. The largest absolute Gasteiger partial charge is 0.480 e. The van der Waals surface area contributed by atoms with Crippen molar-refractivity contribution in [1.82, 2.24) is 16.0 Å². The molecule has 3 amide bonds. The molecule has 0 saturated heterocycles. The molecule has 1 aliphatic carbocycles. The molecule has 3 aromatic carbocycles. The Hall–Kier alpha value is -5.16. The number of carbonyl (C=O) groups is 7. The first-order chi connectivity index (χ1) is 26.7. The first-order valence-electron chi connectivity index (χ1n) is 18.7. The van der Waals surface area contributed by atoms with Crippen LogP contribution in [0.1, 0.15) is 75.0 Å². The molecule has 4 rings (SSSR count). The van der Waals surface area contributed by atoms with E-state index in [1.165, 1.54) is 0 Å². The van der Waals surface area contributed by atoms with Gasteiger partial charge in [-0.1, -0.05) is 101 Å². The van der Waals surface area contributed by atoms with E-state index in [0.717, 1.165) is 27.8 Å². The van der Waals surface area contributed by atoms with Crippen molar-refractivity contribution in [2.45, 2.75) is 76.8 Å². The van der Waals surface area contributed by atoms with E-state index in [4.69, 9.17) is 12.3 Å². The van der Waals surface area contributed by atoms with Crippen LogP contribution < -0.4 is 16.0 Å². The number of fused-ring (bicyclic) bond motifs is 3. The second kappa shape index (κ2) is 21.2. The van der Waals surface area contributed by atoms with E-state index in [2.05, 4.69) is 16.0 Å². The van der Waals surface area contributed by atoms with Crippen LogP contribution in [0.25, 0.3) is 11.1 Å². The van der Waals surface area contributed by atoms with Crippen LogP contribution in [0, 0.1) is 11.8 Å². The molecule has 4 atom stereocenters. The van der Waals surface area contributed by atoms with Crippen molar-refractivity contribution in [1.29, 1.82) is 0 Å². The number of nitrogens with one attached hydrogen (secondary N) is 3. The molecule has 3 aromatic rings. The fourth-order valence-electron chi connectivity index (χ4n) is 6.75. The summed E-state index contributed by atoms with van der Waals surface area (Å²) in [5.74, 6) is -4.00. The van der Waals surface area contributed by atoms with Crippen LogP contribution >= 0.6 is 7.80 Å². The van der Waals surface area contributed by atoms with Crippen molar-refractivity contribution < 1.29 is 43.4 Å². The molecule has 0 aliphatic heterocycles. The number of carbonyl (C=O) groups excluding carboxylic acids is 6. The second-order valence-corrected chi connectivity index (χ2v) is 16.2. The molecule has 1 aliphatic rings.